The van der Waals surface area contributed by atoms with E-state index in [1.807, 2.05) is 18.2 Å². The minimum atomic E-state index is -3.74. The van der Waals surface area contributed by atoms with Crippen LogP contribution in [0.4, 0.5) is 0 Å². The van der Waals surface area contributed by atoms with Gasteiger partial charge in [-0.25, -0.2) is 13.6 Å². The maximum atomic E-state index is 12.1. The number of hydrogen-bond acceptors (Lipinski definition) is 6. The Balaban J connectivity index is 1.89. The largest absolute Gasteiger partial charge is 0.497 e. The van der Waals surface area contributed by atoms with Crippen molar-refractivity contribution in [3.63, 3.8) is 0 Å². The van der Waals surface area contributed by atoms with Gasteiger partial charge in [0.2, 0.25) is 10.0 Å². The Morgan fingerprint density at radius 3 is 2.21 bits per heavy atom. The zero-order chi connectivity index (χ0) is 20.6. The predicted molar refractivity (Wildman–Crippen MR) is 103 cm³/mol. The number of amides is 1. The van der Waals surface area contributed by atoms with E-state index in [0.717, 1.165) is 11.1 Å². The first-order valence-electron chi connectivity index (χ1n) is 8.20. The normalized spacial score (nSPS) is 11.4. The maximum Gasteiger partial charge on any atom is 0.263 e. The second-order valence-electron chi connectivity index (χ2n) is 5.77. The summed E-state index contributed by atoms with van der Waals surface area (Å²) in [5, 5.41) is 19.7. The Kier molecular flexibility index (Phi) is 7.14. The van der Waals surface area contributed by atoms with Crippen LogP contribution < -0.4 is 20.5 Å². The maximum absolute atomic E-state index is 12.1. The number of hydrogen-bond donors (Lipinski definition) is 3. The first-order valence-corrected chi connectivity index (χ1v) is 9.74. The van der Waals surface area contributed by atoms with Crippen molar-refractivity contribution in [1.82, 2.24) is 10.6 Å². The van der Waals surface area contributed by atoms with E-state index in [0.29, 0.717) is 12.3 Å². The molecule has 4 N–H and O–H groups in total. The van der Waals surface area contributed by atoms with Crippen LogP contribution in [-0.2, 0) is 27.9 Å². The molecule has 0 saturated heterocycles. The van der Waals surface area contributed by atoms with Crippen LogP contribution in [0.1, 0.15) is 11.1 Å². The molecule has 0 aliphatic carbocycles. The van der Waals surface area contributed by atoms with E-state index in [-0.39, 0.29) is 17.0 Å². The van der Waals surface area contributed by atoms with Crippen molar-refractivity contribution in [3.05, 3.63) is 71.4 Å². The van der Waals surface area contributed by atoms with Crippen molar-refractivity contribution in [1.29, 1.82) is 5.26 Å². The van der Waals surface area contributed by atoms with E-state index >= 15 is 0 Å². The molecule has 0 saturated carbocycles. The number of carbonyl (C=O) groups is 1. The summed E-state index contributed by atoms with van der Waals surface area (Å²) >= 11 is 0. The number of nitrogens with two attached hydrogens (primary N) is 1. The minimum Gasteiger partial charge on any atom is -0.497 e. The number of ether oxygens (including phenoxy) is 1. The number of carbonyl (C=O) groups excluding carboxylic acids is 1. The first kappa shape index (κ1) is 21.0. The molecule has 0 aliphatic heterocycles. The van der Waals surface area contributed by atoms with E-state index in [1.165, 1.54) is 18.3 Å². The van der Waals surface area contributed by atoms with Crippen LogP contribution in [0.15, 0.2) is 65.2 Å². The average molecular weight is 400 g/mol. The van der Waals surface area contributed by atoms with Gasteiger partial charge in [-0.2, -0.15) is 5.26 Å². The third-order valence-corrected chi connectivity index (χ3v) is 4.71. The molecule has 2 aromatic carbocycles. The molecular formula is C19H20N4O4S. The van der Waals surface area contributed by atoms with E-state index in [9.17, 15) is 13.2 Å². The lowest BCUT2D eigenvalue weighted by molar-refractivity contribution is -0.117. The van der Waals surface area contributed by atoms with Crippen molar-refractivity contribution in [2.45, 2.75) is 18.0 Å². The number of sulfonamides is 1. The molecule has 0 bridgehead atoms. The van der Waals surface area contributed by atoms with Crippen LogP contribution in [0.25, 0.3) is 0 Å². The van der Waals surface area contributed by atoms with Gasteiger partial charge >= 0.3 is 0 Å². The van der Waals surface area contributed by atoms with Gasteiger partial charge in [-0.3, -0.25) is 4.79 Å². The molecule has 0 aromatic heterocycles. The minimum absolute atomic E-state index is 0.0161. The fraction of sp³-hybridized carbons (Fsp3) is 0.158. The molecule has 0 heterocycles. The van der Waals surface area contributed by atoms with E-state index in [2.05, 4.69) is 10.6 Å². The van der Waals surface area contributed by atoms with E-state index in [4.69, 9.17) is 15.1 Å². The second kappa shape index (κ2) is 9.55. The average Bonchev–Trinajstić information content (AvgIpc) is 2.69. The predicted octanol–water partition coefficient (Wildman–Crippen LogP) is 1.16. The van der Waals surface area contributed by atoms with Crippen LogP contribution in [0.5, 0.6) is 5.75 Å². The molecule has 2 rings (SSSR count). The van der Waals surface area contributed by atoms with Crippen molar-refractivity contribution >= 4 is 15.9 Å². The summed E-state index contributed by atoms with van der Waals surface area (Å²) in [6.07, 6.45) is 1.32. The highest BCUT2D eigenvalue weighted by Crippen LogP contribution is 2.11. The molecule has 0 atom stereocenters. The molecule has 0 fully saturated rings. The zero-order valence-corrected chi connectivity index (χ0v) is 16.0. The Morgan fingerprint density at radius 2 is 1.68 bits per heavy atom. The Hall–Kier alpha value is -3.35. The number of primary sulfonamides is 1. The Morgan fingerprint density at radius 1 is 1.11 bits per heavy atom. The van der Waals surface area contributed by atoms with Crippen molar-refractivity contribution < 1.29 is 17.9 Å². The lowest BCUT2D eigenvalue weighted by Gasteiger charge is -2.07. The van der Waals surface area contributed by atoms with Gasteiger partial charge in [0.15, 0.2) is 0 Å². The standard InChI is InChI=1S/C19H20N4O4S/c1-27-17-6-2-15(3-7-17)12-23-19(24)16(10-20)13-22-11-14-4-8-18(9-5-14)28(21,25)26/h2-9,13,22H,11-12H2,1H3,(H,23,24)(H2,21,25,26)/b16-13-. The van der Waals surface area contributed by atoms with E-state index in [1.54, 1.807) is 31.4 Å². The van der Waals surface area contributed by atoms with Gasteiger partial charge in [0.25, 0.3) is 5.91 Å². The fourth-order valence-electron chi connectivity index (χ4n) is 2.24. The molecule has 1 amide bonds. The topological polar surface area (TPSA) is 134 Å². The number of rotatable bonds is 8. The summed E-state index contributed by atoms with van der Waals surface area (Å²) in [5.74, 6) is 0.212. The number of methoxy groups -OCH3 is 1. The third kappa shape index (κ3) is 6.12. The summed E-state index contributed by atoms with van der Waals surface area (Å²) in [7, 11) is -2.17. The van der Waals surface area contributed by atoms with Gasteiger partial charge in [0.1, 0.15) is 17.4 Å². The molecule has 0 unspecified atom stereocenters. The molecule has 9 heteroatoms. The summed E-state index contributed by atoms with van der Waals surface area (Å²) in [6, 6.07) is 15.0. The molecule has 0 spiro atoms. The van der Waals surface area contributed by atoms with Crippen LogP contribution in [0.3, 0.4) is 0 Å². The highest BCUT2D eigenvalue weighted by molar-refractivity contribution is 7.89. The van der Waals surface area contributed by atoms with Gasteiger partial charge in [0, 0.05) is 19.3 Å². The number of nitrogens with one attached hydrogen (secondary N) is 2. The first-order chi connectivity index (χ1) is 13.3. The van der Waals surface area contributed by atoms with Crippen LogP contribution in [0.2, 0.25) is 0 Å². The summed E-state index contributed by atoms with van der Waals surface area (Å²) in [6.45, 7) is 0.582. The van der Waals surface area contributed by atoms with Gasteiger partial charge in [-0.15, -0.1) is 0 Å². The highest BCUT2D eigenvalue weighted by atomic mass is 32.2. The Labute approximate surface area is 163 Å². The smallest absolute Gasteiger partial charge is 0.263 e. The van der Waals surface area contributed by atoms with Gasteiger partial charge in [-0.05, 0) is 35.4 Å². The van der Waals surface area contributed by atoms with Crippen LogP contribution in [-0.4, -0.2) is 21.4 Å². The lowest BCUT2D eigenvalue weighted by atomic mass is 10.2. The molecule has 2 aromatic rings. The van der Waals surface area contributed by atoms with Gasteiger partial charge < -0.3 is 15.4 Å². The molecule has 146 valence electrons. The van der Waals surface area contributed by atoms with Crippen LogP contribution >= 0.6 is 0 Å². The Bertz CT molecular complexity index is 992. The zero-order valence-electron chi connectivity index (χ0n) is 15.2. The molecule has 28 heavy (non-hydrogen) atoms. The molecule has 0 radical (unpaired) electrons. The molecule has 8 nitrogen and oxygen atoms in total. The third-order valence-electron chi connectivity index (χ3n) is 3.78. The van der Waals surface area contributed by atoms with Crippen molar-refractivity contribution in [2.75, 3.05) is 7.11 Å². The summed E-state index contributed by atoms with van der Waals surface area (Å²) in [5.41, 5.74) is 1.56. The highest BCUT2D eigenvalue weighted by Gasteiger charge is 2.09. The summed E-state index contributed by atoms with van der Waals surface area (Å²) < 4.78 is 27.5. The number of nitrogens with zero attached hydrogens (tertiary/aromatic N) is 1. The van der Waals surface area contributed by atoms with Gasteiger partial charge in [0.05, 0.1) is 12.0 Å². The SMILES string of the molecule is COc1ccc(CNC(=O)/C(C#N)=C\NCc2ccc(S(N)(=O)=O)cc2)cc1. The summed E-state index contributed by atoms with van der Waals surface area (Å²) in [4.78, 5) is 12.1. The second-order valence-corrected chi connectivity index (χ2v) is 7.33. The lowest BCUT2D eigenvalue weighted by Crippen LogP contribution is -2.25. The number of benzene rings is 2. The molecular weight excluding hydrogens is 380 g/mol. The van der Waals surface area contributed by atoms with Gasteiger partial charge in [-0.1, -0.05) is 24.3 Å². The van der Waals surface area contributed by atoms with E-state index < -0.39 is 15.9 Å². The monoisotopic (exact) mass is 400 g/mol. The van der Waals surface area contributed by atoms with Crippen molar-refractivity contribution in [3.8, 4) is 11.8 Å². The molecule has 0 aliphatic rings. The quantitative estimate of drug-likeness (QED) is 0.450. The van der Waals surface area contributed by atoms with Crippen molar-refractivity contribution in [2.24, 2.45) is 5.14 Å². The number of nitriles is 1. The fourth-order valence-corrected chi connectivity index (χ4v) is 2.75. The van der Waals surface area contributed by atoms with Crippen LogP contribution in [0, 0.1) is 11.3 Å².